The first-order valence-electron chi connectivity index (χ1n) is 3.83. The smallest absolute Gasteiger partial charge is 0.0999 e. The second-order valence-electron chi connectivity index (χ2n) is 2.62. The lowest BCUT2D eigenvalue weighted by molar-refractivity contribution is 0.122. The van der Waals surface area contributed by atoms with Gasteiger partial charge in [-0.3, -0.25) is 0 Å². The molecule has 2 nitrogen and oxygen atoms in total. The van der Waals surface area contributed by atoms with Gasteiger partial charge in [0.1, 0.15) is 0 Å². The number of benzene rings is 1. The van der Waals surface area contributed by atoms with Crippen LogP contribution in [0.5, 0.6) is 0 Å². The van der Waals surface area contributed by atoms with Crippen LogP contribution < -0.4 is 0 Å². The summed E-state index contributed by atoms with van der Waals surface area (Å²) < 4.78 is 5.20. The SMILES string of the molecule is C(=C1CCO1)c1ccccc1.O. The molecule has 1 aromatic carbocycles. The Balaban J connectivity index is 0.000000720. The van der Waals surface area contributed by atoms with Crippen LogP contribution in [0.2, 0.25) is 0 Å². The monoisotopic (exact) mass is 164 g/mol. The van der Waals surface area contributed by atoms with Gasteiger partial charge in [-0.05, 0) is 11.6 Å². The van der Waals surface area contributed by atoms with Crippen molar-refractivity contribution in [3.63, 3.8) is 0 Å². The van der Waals surface area contributed by atoms with Gasteiger partial charge in [-0.1, -0.05) is 30.3 Å². The molecular weight excluding hydrogens is 152 g/mol. The van der Waals surface area contributed by atoms with Crippen molar-refractivity contribution in [3.8, 4) is 0 Å². The van der Waals surface area contributed by atoms with Crippen molar-refractivity contribution in [3.05, 3.63) is 41.7 Å². The Morgan fingerprint density at radius 3 is 2.33 bits per heavy atom. The average molecular weight is 164 g/mol. The van der Waals surface area contributed by atoms with Crippen LogP contribution in [0.3, 0.4) is 0 Å². The first-order chi connectivity index (χ1) is 5.45. The van der Waals surface area contributed by atoms with Gasteiger partial charge in [0.05, 0.1) is 12.4 Å². The van der Waals surface area contributed by atoms with Crippen LogP contribution in [0.25, 0.3) is 6.08 Å². The van der Waals surface area contributed by atoms with Crippen LogP contribution in [-0.4, -0.2) is 12.1 Å². The maximum Gasteiger partial charge on any atom is 0.0999 e. The third-order valence-electron chi connectivity index (χ3n) is 1.76. The summed E-state index contributed by atoms with van der Waals surface area (Å²) in [7, 11) is 0. The predicted octanol–water partition coefficient (Wildman–Crippen LogP) is 1.62. The summed E-state index contributed by atoms with van der Waals surface area (Å²) in [6.45, 7) is 0.888. The second-order valence-corrected chi connectivity index (χ2v) is 2.62. The topological polar surface area (TPSA) is 40.7 Å². The van der Waals surface area contributed by atoms with Crippen molar-refractivity contribution in [2.24, 2.45) is 0 Å². The molecule has 1 fully saturated rings. The zero-order chi connectivity index (χ0) is 7.52. The molecule has 0 spiro atoms. The van der Waals surface area contributed by atoms with Crippen LogP contribution in [0.4, 0.5) is 0 Å². The van der Waals surface area contributed by atoms with Gasteiger partial charge < -0.3 is 10.2 Å². The standard InChI is InChI=1S/C10H10O.H2O/c1-2-4-9(5-3-1)8-10-6-7-11-10;/h1-5,8H,6-7H2;1H2. The van der Waals surface area contributed by atoms with E-state index in [4.69, 9.17) is 4.74 Å². The zero-order valence-corrected chi connectivity index (χ0v) is 6.79. The Hall–Kier alpha value is -1.28. The fourth-order valence-corrected chi connectivity index (χ4v) is 1.07. The first kappa shape index (κ1) is 8.81. The predicted molar refractivity (Wildman–Crippen MR) is 48.6 cm³/mol. The number of rotatable bonds is 1. The molecule has 64 valence electrons. The largest absolute Gasteiger partial charge is 0.497 e. The maximum atomic E-state index is 5.20. The first-order valence-corrected chi connectivity index (χ1v) is 3.83. The second kappa shape index (κ2) is 3.93. The molecule has 0 radical (unpaired) electrons. The van der Waals surface area contributed by atoms with Gasteiger partial charge in [0.2, 0.25) is 0 Å². The summed E-state index contributed by atoms with van der Waals surface area (Å²) in [4.78, 5) is 0. The summed E-state index contributed by atoms with van der Waals surface area (Å²) in [6.07, 6.45) is 3.18. The van der Waals surface area contributed by atoms with Crippen LogP contribution >= 0.6 is 0 Å². The molecule has 1 heterocycles. The lowest BCUT2D eigenvalue weighted by atomic mass is 10.1. The summed E-state index contributed by atoms with van der Waals surface area (Å²) in [5.74, 6) is 1.11. The average Bonchev–Trinajstić information content (AvgIpc) is 1.99. The minimum Gasteiger partial charge on any atom is -0.497 e. The molecule has 12 heavy (non-hydrogen) atoms. The van der Waals surface area contributed by atoms with E-state index >= 15 is 0 Å². The highest BCUT2D eigenvalue weighted by Gasteiger charge is 2.07. The van der Waals surface area contributed by atoms with Crippen molar-refractivity contribution < 1.29 is 10.2 Å². The molecule has 0 aliphatic carbocycles. The lowest BCUT2D eigenvalue weighted by Crippen LogP contribution is -2.07. The summed E-state index contributed by atoms with van der Waals surface area (Å²) in [6, 6.07) is 10.2. The van der Waals surface area contributed by atoms with Gasteiger partial charge in [0, 0.05) is 6.42 Å². The third kappa shape index (κ3) is 1.86. The van der Waals surface area contributed by atoms with Gasteiger partial charge in [-0.15, -0.1) is 0 Å². The normalized spacial score (nSPS) is 17.5. The molecule has 1 saturated heterocycles. The number of hydrogen-bond acceptors (Lipinski definition) is 1. The Morgan fingerprint density at radius 2 is 1.83 bits per heavy atom. The molecule has 0 atom stereocenters. The maximum absolute atomic E-state index is 5.20. The molecule has 1 aliphatic rings. The molecule has 2 N–H and O–H groups in total. The van der Waals surface area contributed by atoms with Crippen molar-refractivity contribution in [2.75, 3.05) is 6.61 Å². The molecule has 0 amide bonds. The van der Waals surface area contributed by atoms with E-state index in [0.29, 0.717) is 0 Å². The van der Waals surface area contributed by atoms with E-state index in [9.17, 15) is 0 Å². The van der Waals surface area contributed by atoms with E-state index < -0.39 is 0 Å². The minimum atomic E-state index is 0. The number of ether oxygens (including phenoxy) is 1. The molecule has 1 aromatic rings. The zero-order valence-electron chi connectivity index (χ0n) is 6.79. The molecule has 2 heteroatoms. The number of hydrogen-bond donors (Lipinski definition) is 0. The quantitative estimate of drug-likeness (QED) is 0.621. The van der Waals surface area contributed by atoms with Gasteiger partial charge in [-0.25, -0.2) is 0 Å². The highest BCUT2D eigenvalue weighted by Crippen LogP contribution is 2.18. The van der Waals surface area contributed by atoms with E-state index in [1.807, 2.05) is 18.2 Å². The van der Waals surface area contributed by atoms with E-state index in [0.717, 1.165) is 18.8 Å². The van der Waals surface area contributed by atoms with Gasteiger partial charge >= 0.3 is 0 Å². The summed E-state index contributed by atoms with van der Waals surface area (Å²) in [5.41, 5.74) is 1.22. The highest BCUT2D eigenvalue weighted by atomic mass is 16.5. The summed E-state index contributed by atoms with van der Waals surface area (Å²) in [5, 5.41) is 0. The summed E-state index contributed by atoms with van der Waals surface area (Å²) >= 11 is 0. The van der Waals surface area contributed by atoms with E-state index in [1.165, 1.54) is 5.56 Å². The Bertz CT molecular complexity index is 258. The van der Waals surface area contributed by atoms with Crippen LogP contribution in [0.15, 0.2) is 36.1 Å². The molecule has 2 rings (SSSR count). The Morgan fingerprint density at radius 1 is 1.17 bits per heavy atom. The van der Waals surface area contributed by atoms with Crippen molar-refractivity contribution in [1.82, 2.24) is 0 Å². The third-order valence-corrected chi connectivity index (χ3v) is 1.76. The fraction of sp³-hybridized carbons (Fsp3) is 0.200. The molecule has 0 bridgehead atoms. The van der Waals surface area contributed by atoms with E-state index in [2.05, 4.69) is 18.2 Å². The van der Waals surface area contributed by atoms with Crippen LogP contribution in [-0.2, 0) is 4.74 Å². The van der Waals surface area contributed by atoms with Gasteiger partial charge in [0.25, 0.3) is 0 Å². The van der Waals surface area contributed by atoms with Crippen molar-refractivity contribution in [1.29, 1.82) is 0 Å². The van der Waals surface area contributed by atoms with Crippen LogP contribution in [0.1, 0.15) is 12.0 Å². The molecule has 1 aliphatic heterocycles. The van der Waals surface area contributed by atoms with Gasteiger partial charge in [0.15, 0.2) is 0 Å². The highest BCUT2D eigenvalue weighted by molar-refractivity contribution is 5.51. The Labute approximate surface area is 71.8 Å². The van der Waals surface area contributed by atoms with Crippen molar-refractivity contribution >= 4 is 6.08 Å². The van der Waals surface area contributed by atoms with Crippen LogP contribution in [0, 0.1) is 0 Å². The van der Waals surface area contributed by atoms with Gasteiger partial charge in [-0.2, -0.15) is 0 Å². The van der Waals surface area contributed by atoms with Crippen molar-refractivity contribution in [2.45, 2.75) is 6.42 Å². The molecule has 0 unspecified atom stereocenters. The lowest BCUT2D eigenvalue weighted by Gasteiger charge is -2.18. The van der Waals surface area contributed by atoms with E-state index in [1.54, 1.807) is 0 Å². The molecule has 0 aromatic heterocycles. The Kier molecular flexibility index (Phi) is 2.88. The molecule has 0 saturated carbocycles. The van der Waals surface area contributed by atoms with E-state index in [-0.39, 0.29) is 5.48 Å². The minimum absolute atomic E-state index is 0. The molecular formula is C10H12O2. The fourth-order valence-electron chi connectivity index (χ4n) is 1.07.